The van der Waals surface area contributed by atoms with E-state index in [4.69, 9.17) is 0 Å². The molecule has 1 aromatic carbocycles. The monoisotopic (exact) mass is 275 g/mol. The number of aromatic nitrogens is 2. The molecule has 6 heteroatoms. The zero-order valence-electron chi connectivity index (χ0n) is 10.4. The fourth-order valence-corrected chi connectivity index (χ4v) is 3.33. The lowest BCUT2D eigenvalue weighted by atomic mass is 10.0. The maximum Gasteiger partial charge on any atom is 0.243 e. The second-order valence-electron chi connectivity index (χ2n) is 4.39. The molecule has 0 aliphatic carbocycles. The molecule has 1 aromatic heterocycles. The lowest BCUT2D eigenvalue weighted by molar-refractivity contribution is -0.115. The van der Waals surface area contributed by atoms with Crippen molar-refractivity contribution in [3.8, 4) is 0 Å². The topological polar surface area (TPSA) is 68.0 Å². The Morgan fingerprint density at radius 3 is 3.05 bits per heavy atom. The van der Waals surface area contributed by atoms with Crippen LogP contribution < -0.4 is 5.32 Å². The van der Waals surface area contributed by atoms with Crippen LogP contribution in [0.15, 0.2) is 28.9 Å². The molecule has 0 radical (unpaired) electrons. The first kappa shape index (κ1) is 12.2. The molecular formula is C13H13N3O2S. The van der Waals surface area contributed by atoms with Crippen LogP contribution in [0.5, 0.6) is 0 Å². The quantitative estimate of drug-likeness (QED) is 0.911. The van der Waals surface area contributed by atoms with Crippen molar-refractivity contribution in [2.45, 2.75) is 18.6 Å². The van der Waals surface area contributed by atoms with Gasteiger partial charge in [0, 0.05) is 0 Å². The Morgan fingerprint density at radius 1 is 1.42 bits per heavy atom. The maximum absolute atomic E-state index is 12.3. The van der Waals surface area contributed by atoms with E-state index in [9.17, 15) is 4.79 Å². The van der Waals surface area contributed by atoms with Gasteiger partial charge in [-0.2, -0.15) is 0 Å². The molecule has 0 spiro atoms. The van der Waals surface area contributed by atoms with Crippen LogP contribution in [-0.4, -0.2) is 22.0 Å². The summed E-state index contributed by atoms with van der Waals surface area (Å²) in [7, 11) is 0. The van der Waals surface area contributed by atoms with Crippen molar-refractivity contribution in [1.29, 1.82) is 0 Å². The first-order valence-electron chi connectivity index (χ1n) is 6.05. The average Bonchev–Trinajstić information content (AvgIpc) is 2.83. The zero-order chi connectivity index (χ0) is 13.2. The molecule has 0 saturated heterocycles. The standard InChI is InChI=1S/C13H13N3O2S/c1-8-12(16-18-15-8)14-13(17)11-10-5-3-2-4-9(10)6-7-19-11/h2-5,11H,6-7H2,1H3,(H,14,16,17)/t11-/m1/s1. The van der Waals surface area contributed by atoms with Crippen molar-refractivity contribution in [1.82, 2.24) is 10.3 Å². The number of thioether (sulfide) groups is 1. The highest BCUT2D eigenvalue weighted by atomic mass is 32.2. The van der Waals surface area contributed by atoms with E-state index in [1.54, 1.807) is 18.7 Å². The van der Waals surface area contributed by atoms with E-state index >= 15 is 0 Å². The third-order valence-corrected chi connectivity index (χ3v) is 4.37. The van der Waals surface area contributed by atoms with Crippen molar-refractivity contribution in [2.75, 3.05) is 11.1 Å². The molecule has 19 heavy (non-hydrogen) atoms. The van der Waals surface area contributed by atoms with E-state index in [0.29, 0.717) is 11.5 Å². The molecule has 2 heterocycles. The molecule has 3 rings (SSSR count). The maximum atomic E-state index is 12.3. The number of aryl methyl sites for hydroxylation is 2. The molecule has 0 saturated carbocycles. The number of hydrogen-bond acceptors (Lipinski definition) is 5. The lowest BCUT2D eigenvalue weighted by Crippen LogP contribution is -2.23. The zero-order valence-corrected chi connectivity index (χ0v) is 11.2. The van der Waals surface area contributed by atoms with Gasteiger partial charge in [0.2, 0.25) is 5.91 Å². The Labute approximate surface area is 114 Å². The van der Waals surface area contributed by atoms with Crippen LogP contribution in [0.1, 0.15) is 22.1 Å². The van der Waals surface area contributed by atoms with E-state index in [-0.39, 0.29) is 11.2 Å². The Morgan fingerprint density at radius 2 is 2.26 bits per heavy atom. The summed E-state index contributed by atoms with van der Waals surface area (Å²) >= 11 is 1.65. The summed E-state index contributed by atoms with van der Waals surface area (Å²) in [6, 6.07) is 8.07. The van der Waals surface area contributed by atoms with Gasteiger partial charge in [-0.25, -0.2) is 4.63 Å². The highest BCUT2D eigenvalue weighted by Crippen LogP contribution is 2.37. The highest BCUT2D eigenvalue weighted by Gasteiger charge is 2.27. The van der Waals surface area contributed by atoms with E-state index in [0.717, 1.165) is 17.7 Å². The molecule has 0 unspecified atom stereocenters. The number of benzene rings is 1. The number of anilines is 1. The molecule has 0 fully saturated rings. The number of nitrogens with zero attached hydrogens (tertiary/aromatic N) is 2. The summed E-state index contributed by atoms with van der Waals surface area (Å²) in [5, 5.41) is 9.91. The molecular weight excluding hydrogens is 262 g/mol. The number of fused-ring (bicyclic) bond motifs is 1. The minimum Gasteiger partial charge on any atom is -0.305 e. The van der Waals surface area contributed by atoms with E-state index in [1.807, 2.05) is 18.2 Å². The molecule has 2 aromatic rings. The van der Waals surface area contributed by atoms with Gasteiger partial charge in [0.15, 0.2) is 5.82 Å². The predicted octanol–water partition coefficient (Wildman–Crippen LogP) is 2.35. The second kappa shape index (κ2) is 5.05. The van der Waals surface area contributed by atoms with Crippen LogP contribution in [0.2, 0.25) is 0 Å². The van der Waals surface area contributed by atoms with E-state index in [1.165, 1.54) is 5.56 Å². The normalized spacial score (nSPS) is 17.8. The van der Waals surface area contributed by atoms with Crippen LogP contribution in [0.3, 0.4) is 0 Å². The number of hydrogen-bond donors (Lipinski definition) is 1. The third-order valence-electron chi connectivity index (χ3n) is 3.13. The van der Waals surface area contributed by atoms with Crippen LogP contribution in [0, 0.1) is 6.92 Å². The van der Waals surface area contributed by atoms with Gasteiger partial charge < -0.3 is 5.32 Å². The number of carbonyl (C=O) groups is 1. The van der Waals surface area contributed by atoms with Crippen molar-refractivity contribution >= 4 is 23.5 Å². The molecule has 5 nitrogen and oxygen atoms in total. The second-order valence-corrected chi connectivity index (χ2v) is 5.60. The summed E-state index contributed by atoms with van der Waals surface area (Å²) in [6.07, 6.45) is 1.01. The van der Waals surface area contributed by atoms with Crippen molar-refractivity contribution in [2.24, 2.45) is 0 Å². The fraction of sp³-hybridized carbons (Fsp3) is 0.308. The van der Waals surface area contributed by atoms with Crippen molar-refractivity contribution in [3.63, 3.8) is 0 Å². The van der Waals surface area contributed by atoms with Gasteiger partial charge in [-0.15, -0.1) is 11.8 Å². The van der Waals surface area contributed by atoms with Crippen LogP contribution in [-0.2, 0) is 11.2 Å². The van der Waals surface area contributed by atoms with E-state index < -0.39 is 0 Å². The van der Waals surface area contributed by atoms with Gasteiger partial charge in [0.25, 0.3) is 0 Å². The molecule has 98 valence electrons. The van der Waals surface area contributed by atoms with Crippen LogP contribution in [0.4, 0.5) is 5.82 Å². The Balaban J connectivity index is 1.84. The molecule has 1 aliphatic heterocycles. The molecule has 0 bridgehead atoms. The van der Waals surface area contributed by atoms with Crippen LogP contribution in [0.25, 0.3) is 0 Å². The SMILES string of the molecule is Cc1nonc1NC(=O)[C@@H]1SCCc2ccccc21. The smallest absolute Gasteiger partial charge is 0.243 e. The van der Waals surface area contributed by atoms with Gasteiger partial charge in [0.05, 0.1) is 0 Å². The molecule has 1 aliphatic rings. The van der Waals surface area contributed by atoms with Crippen LogP contribution >= 0.6 is 11.8 Å². The third kappa shape index (κ3) is 2.35. The van der Waals surface area contributed by atoms with Crippen molar-refractivity contribution < 1.29 is 9.42 Å². The first-order chi connectivity index (χ1) is 9.25. The summed E-state index contributed by atoms with van der Waals surface area (Å²) < 4.78 is 4.58. The summed E-state index contributed by atoms with van der Waals surface area (Å²) in [5.41, 5.74) is 2.92. The molecule has 1 N–H and O–H groups in total. The summed E-state index contributed by atoms with van der Waals surface area (Å²) in [6.45, 7) is 1.74. The minimum absolute atomic E-state index is 0.0732. The number of carbonyl (C=O) groups excluding carboxylic acids is 1. The average molecular weight is 275 g/mol. The van der Waals surface area contributed by atoms with Gasteiger partial charge in [-0.1, -0.05) is 29.4 Å². The van der Waals surface area contributed by atoms with Gasteiger partial charge in [0.1, 0.15) is 10.9 Å². The number of rotatable bonds is 2. The first-order valence-corrected chi connectivity index (χ1v) is 7.10. The predicted molar refractivity (Wildman–Crippen MR) is 73.0 cm³/mol. The Hall–Kier alpha value is -1.82. The van der Waals surface area contributed by atoms with Crippen molar-refractivity contribution in [3.05, 3.63) is 41.1 Å². The molecule has 1 atom stereocenters. The Kier molecular flexibility index (Phi) is 3.25. The lowest BCUT2D eigenvalue weighted by Gasteiger charge is -2.23. The van der Waals surface area contributed by atoms with Gasteiger partial charge in [-0.05, 0) is 35.4 Å². The van der Waals surface area contributed by atoms with E-state index in [2.05, 4.69) is 26.3 Å². The summed E-state index contributed by atoms with van der Waals surface area (Å²) in [5.74, 6) is 1.27. The fourth-order valence-electron chi connectivity index (χ4n) is 2.14. The summed E-state index contributed by atoms with van der Waals surface area (Å²) in [4.78, 5) is 12.3. The molecule has 1 amide bonds. The Bertz CT molecular complexity index is 611. The largest absolute Gasteiger partial charge is 0.305 e. The number of nitrogens with one attached hydrogen (secondary N) is 1. The minimum atomic E-state index is -0.193. The van der Waals surface area contributed by atoms with Gasteiger partial charge >= 0.3 is 0 Å². The highest BCUT2D eigenvalue weighted by molar-refractivity contribution is 8.00. The number of amides is 1. The van der Waals surface area contributed by atoms with Gasteiger partial charge in [-0.3, -0.25) is 4.79 Å².